The molecule has 1 aliphatic heterocycles. The first-order valence-corrected chi connectivity index (χ1v) is 6.62. The van der Waals surface area contributed by atoms with E-state index in [4.69, 9.17) is 9.52 Å². The maximum atomic E-state index is 8.83. The SMILES string of the molecule is CCN1CCCCC1Cc1ncc(CCO)o1. The van der Waals surface area contributed by atoms with Gasteiger partial charge in [0.25, 0.3) is 0 Å². The molecule has 4 heteroatoms. The maximum absolute atomic E-state index is 8.83. The molecule has 1 saturated heterocycles. The van der Waals surface area contributed by atoms with Crippen LogP contribution in [0.25, 0.3) is 0 Å². The molecule has 0 saturated carbocycles. The summed E-state index contributed by atoms with van der Waals surface area (Å²) in [4.78, 5) is 6.81. The van der Waals surface area contributed by atoms with E-state index in [1.54, 1.807) is 6.20 Å². The van der Waals surface area contributed by atoms with Gasteiger partial charge in [-0.25, -0.2) is 4.98 Å². The summed E-state index contributed by atoms with van der Waals surface area (Å²) in [5.74, 6) is 1.61. The van der Waals surface area contributed by atoms with Gasteiger partial charge < -0.3 is 14.4 Å². The molecule has 1 aromatic rings. The van der Waals surface area contributed by atoms with Crippen molar-refractivity contribution in [2.75, 3.05) is 19.7 Å². The number of piperidine rings is 1. The summed E-state index contributed by atoms with van der Waals surface area (Å²) in [7, 11) is 0. The van der Waals surface area contributed by atoms with E-state index in [0.29, 0.717) is 12.5 Å². The van der Waals surface area contributed by atoms with E-state index in [9.17, 15) is 0 Å². The average Bonchev–Trinajstić information content (AvgIpc) is 2.78. The van der Waals surface area contributed by atoms with Gasteiger partial charge in [-0.1, -0.05) is 13.3 Å². The molecule has 1 N–H and O–H groups in total. The smallest absolute Gasteiger partial charge is 0.195 e. The van der Waals surface area contributed by atoms with Gasteiger partial charge >= 0.3 is 0 Å². The number of aliphatic hydroxyl groups is 1. The van der Waals surface area contributed by atoms with Crippen LogP contribution in [0.5, 0.6) is 0 Å². The second kappa shape index (κ2) is 6.17. The molecule has 0 aliphatic carbocycles. The van der Waals surface area contributed by atoms with Gasteiger partial charge in [-0.05, 0) is 25.9 Å². The normalized spacial score (nSPS) is 21.9. The van der Waals surface area contributed by atoms with E-state index >= 15 is 0 Å². The second-order valence-corrected chi connectivity index (χ2v) is 4.68. The van der Waals surface area contributed by atoms with Crippen LogP contribution in [0.4, 0.5) is 0 Å². The Bertz CT molecular complexity index is 338. The summed E-state index contributed by atoms with van der Waals surface area (Å²) in [5, 5.41) is 8.83. The van der Waals surface area contributed by atoms with Gasteiger partial charge in [0.15, 0.2) is 5.89 Å². The van der Waals surface area contributed by atoms with E-state index in [1.807, 2.05) is 0 Å². The van der Waals surface area contributed by atoms with Crippen LogP contribution in [0.2, 0.25) is 0 Å². The summed E-state index contributed by atoms with van der Waals surface area (Å²) >= 11 is 0. The lowest BCUT2D eigenvalue weighted by molar-refractivity contribution is 0.148. The van der Waals surface area contributed by atoms with Crippen molar-refractivity contribution < 1.29 is 9.52 Å². The fourth-order valence-corrected chi connectivity index (χ4v) is 2.58. The van der Waals surface area contributed by atoms with Crippen molar-refractivity contribution in [1.82, 2.24) is 9.88 Å². The number of rotatable bonds is 5. The largest absolute Gasteiger partial charge is 0.446 e. The van der Waals surface area contributed by atoms with Crippen molar-refractivity contribution in [1.29, 1.82) is 0 Å². The van der Waals surface area contributed by atoms with Crippen LogP contribution < -0.4 is 0 Å². The monoisotopic (exact) mass is 238 g/mol. The predicted molar refractivity (Wildman–Crippen MR) is 65.9 cm³/mol. The molecule has 1 fully saturated rings. The molecule has 0 aromatic carbocycles. The Morgan fingerprint density at radius 1 is 1.53 bits per heavy atom. The van der Waals surface area contributed by atoms with Gasteiger partial charge in [-0.2, -0.15) is 0 Å². The molecule has 4 nitrogen and oxygen atoms in total. The number of hydrogen-bond donors (Lipinski definition) is 1. The quantitative estimate of drug-likeness (QED) is 0.847. The van der Waals surface area contributed by atoms with E-state index in [2.05, 4.69) is 16.8 Å². The van der Waals surface area contributed by atoms with Crippen LogP contribution >= 0.6 is 0 Å². The molecule has 0 spiro atoms. The van der Waals surface area contributed by atoms with Gasteiger partial charge in [0.2, 0.25) is 0 Å². The van der Waals surface area contributed by atoms with Gasteiger partial charge in [-0.3, -0.25) is 0 Å². The highest BCUT2D eigenvalue weighted by molar-refractivity contribution is 4.96. The molecule has 2 heterocycles. The standard InChI is InChI=1S/C13H22N2O2/c1-2-15-7-4-3-5-11(15)9-13-14-10-12(17-13)6-8-16/h10-11,16H,2-9H2,1H3. The summed E-state index contributed by atoms with van der Waals surface area (Å²) in [6, 6.07) is 0.578. The fraction of sp³-hybridized carbons (Fsp3) is 0.769. The molecule has 0 amide bonds. The van der Waals surface area contributed by atoms with Gasteiger partial charge in [0, 0.05) is 18.9 Å². The first-order valence-electron chi connectivity index (χ1n) is 6.62. The van der Waals surface area contributed by atoms with Crippen LogP contribution in [-0.2, 0) is 12.8 Å². The molecular weight excluding hydrogens is 216 g/mol. The highest BCUT2D eigenvalue weighted by Gasteiger charge is 2.22. The van der Waals surface area contributed by atoms with Gasteiger partial charge in [0.1, 0.15) is 5.76 Å². The van der Waals surface area contributed by atoms with Crippen LogP contribution in [0.3, 0.4) is 0 Å². The van der Waals surface area contributed by atoms with E-state index < -0.39 is 0 Å². The molecule has 0 radical (unpaired) electrons. The number of aliphatic hydroxyl groups excluding tert-OH is 1. The zero-order chi connectivity index (χ0) is 12.1. The molecule has 96 valence electrons. The van der Waals surface area contributed by atoms with Gasteiger partial charge in [-0.15, -0.1) is 0 Å². The highest BCUT2D eigenvalue weighted by Crippen LogP contribution is 2.20. The van der Waals surface area contributed by atoms with E-state index in [0.717, 1.165) is 24.6 Å². The summed E-state index contributed by atoms with van der Waals surface area (Å²) in [6.45, 7) is 4.64. The topological polar surface area (TPSA) is 49.5 Å². The molecule has 1 aromatic heterocycles. The molecule has 1 aliphatic rings. The molecule has 1 unspecified atom stereocenters. The molecular formula is C13H22N2O2. The second-order valence-electron chi connectivity index (χ2n) is 4.68. The lowest BCUT2D eigenvalue weighted by atomic mass is 9.99. The average molecular weight is 238 g/mol. The summed E-state index contributed by atoms with van der Waals surface area (Å²) < 4.78 is 5.62. The van der Waals surface area contributed by atoms with Crippen molar-refractivity contribution in [3.8, 4) is 0 Å². The Balaban J connectivity index is 1.93. The van der Waals surface area contributed by atoms with Crippen molar-refractivity contribution in [2.24, 2.45) is 0 Å². The number of nitrogens with zero attached hydrogens (tertiary/aromatic N) is 2. The fourth-order valence-electron chi connectivity index (χ4n) is 2.58. The van der Waals surface area contributed by atoms with E-state index in [1.165, 1.54) is 25.8 Å². The Morgan fingerprint density at radius 2 is 2.41 bits per heavy atom. The number of likely N-dealkylation sites (tertiary alicyclic amines) is 1. The van der Waals surface area contributed by atoms with Crippen molar-refractivity contribution in [3.63, 3.8) is 0 Å². The van der Waals surface area contributed by atoms with E-state index in [-0.39, 0.29) is 6.61 Å². The minimum absolute atomic E-state index is 0.124. The lowest BCUT2D eigenvalue weighted by Crippen LogP contribution is -2.40. The molecule has 0 bridgehead atoms. The third kappa shape index (κ3) is 3.30. The van der Waals surface area contributed by atoms with Crippen molar-refractivity contribution >= 4 is 0 Å². The number of oxazole rings is 1. The minimum Gasteiger partial charge on any atom is -0.446 e. The predicted octanol–water partition coefficient (Wildman–Crippen LogP) is 1.63. The number of likely N-dealkylation sites (N-methyl/N-ethyl adjacent to an activating group) is 1. The van der Waals surface area contributed by atoms with Gasteiger partial charge in [0.05, 0.1) is 12.8 Å². The van der Waals surface area contributed by atoms with Crippen LogP contribution in [-0.4, -0.2) is 40.7 Å². The zero-order valence-electron chi connectivity index (χ0n) is 10.6. The third-order valence-electron chi connectivity index (χ3n) is 3.53. The number of aromatic nitrogens is 1. The zero-order valence-corrected chi connectivity index (χ0v) is 10.6. The maximum Gasteiger partial charge on any atom is 0.195 e. The Labute approximate surface area is 103 Å². The highest BCUT2D eigenvalue weighted by atomic mass is 16.4. The van der Waals surface area contributed by atoms with Crippen LogP contribution in [0.15, 0.2) is 10.6 Å². The summed E-state index contributed by atoms with van der Waals surface area (Å²) in [6.07, 6.45) is 7.07. The minimum atomic E-state index is 0.124. The number of hydrogen-bond acceptors (Lipinski definition) is 4. The first-order chi connectivity index (χ1) is 8.33. The van der Waals surface area contributed by atoms with Crippen molar-refractivity contribution in [2.45, 2.75) is 45.1 Å². The van der Waals surface area contributed by atoms with Crippen LogP contribution in [0, 0.1) is 0 Å². The Morgan fingerprint density at radius 3 is 3.18 bits per heavy atom. The Hall–Kier alpha value is -0.870. The Kier molecular flexibility index (Phi) is 4.57. The molecule has 2 rings (SSSR count). The summed E-state index contributed by atoms with van der Waals surface area (Å²) in [5.41, 5.74) is 0. The molecule has 1 atom stereocenters. The molecule has 17 heavy (non-hydrogen) atoms. The van der Waals surface area contributed by atoms with Crippen LogP contribution in [0.1, 0.15) is 37.8 Å². The lowest BCUT2D eigenvalue weighted by Gasteiger charge is -2.34. The van der Waals surface area contributed by atoms with Crippen molar-refractivity contribution in [3.05, 3.63) is 17.8 Å². The first kappa shape index (κ1) is 12.6. The third-order valence-corrected chi connectivity index (χ3v) is 3.53.